The maximum atomic E-state index is 13.5. The Morgan fingerprint density at radius 3 is 2.66 bits per heavy atom. The number of carboxylic acids is 1. The zero-order valence-corrected chi connectivity index (χ0v) is 18.8. The number of amides is 1. The maximum Gasteiger partial charge on any atom is 0.303 e. The molecule has 0 saturated carbocycles. The molecule has 0 unspecified atom stereocenters. The molecule has 3 rings (SSSR count). The minimum Gasteiger partial charge on any atom is -0.493 e. The summed E-state index contributed by atoms with van der Waals surface area (Å²) in [4.78, 5) is 25.4. The van der Waals surface area contributed by atoms with Gasteiger partial charge >= 0.3 is 5.97 Å². The largest absolute Gasteiger partial charge is 0.493 e. The predicted octanol–water partition coefficient (Wildman–Crippen LogP) is 5.82. The minimum atomic E-state index is -2.14. The number of carbonyl (C=O) groups excluding carboxylic acids is 1. The molecular weight excluding hydrogens is 406 g/mol. The molecule has 32 heavy (non-hydrogen) atoms. The summed E-state index contributed by atoms with van der Waals surface area (Å²) in [6.07, 6.45) is 2.04. The minimum absolute atomic E-state index is 0.119. The average molecular weight is 440 g/mol. The van der Waals surface area contributed by atoms with Crippen LogP contribution in [0.3, 0.4) is 0 Å². The number of aryl methyl sites for hydroxylation is 1. The van der Waals surface area contributed by atoms with E-state index in [2.05, 4.69) is 0 Å². The van der Waals surface area contributed by atoms with E-state index >= 15 is 0 Å². The van der Waals surface area contributed by atoms with Crippen molar-refractivity contribution in [2.75, 3.05) is 6.61 Å². The molecular formula is C26H31NO5. The third-order valence-electron chi connectivity index (χ3n) is 5.05. The Morgan fingerprint density at radius 1 is 1.12 bits per heavy atom. The number of carbonyl (C=O) groups is 2. The molecule has 6 nitrogen and oxygen atoms in total. The normalized spacial score (nSPS) is 12.5. The number of hydrogen-bond donors (Lipinski definition) is 1. The van der Waals surface area contributed by atoms with Gasteiger partial charge in [0.05, 0.1) is 9.35 Å². The highest BCUT2D eigenvalue weighted by Crippen LogP contribution is 2.25. The lowest BCUT2D eigenvalue weighted by molar-refractivity contribution is -0.137. The Hall–Kier alpha value is -3.28. The monoisotopic (exact) mass is 439 g/mol. The standard InChI is InChI=1S/C26H31NO5/c1-18(2)27(26(30)21-13-12-20-15-19(3)32-24(20)16-21)17-22-9-6-7-10-23(22)31-14-8-4-5-11-25(28)29/h6-7,9-10,12-13,15-16,18H,4-5,8,11,14,17H2,1-3H3,(H,28,29)/i17D2. The van der Waals surface area contributed by atoms with Crippen LogP contribution in [0.25, 0.3) is 11.0 Å². The number of aliphatic carboxylic acids is 1. The van der Waals surface area contributed by atoms with E-state index in [-0.39, 0.29) is 12.0 Å². The molecule has 0 spiro atoms. The lowest BCUT2D eigenvalue weighted by atomic mass is 10.1. The van der Waals surface area contributed by atoms with Crippen LogP contribution in [0.5, 0.6) is 5.75 Å². The zero-order chi connectivity index (χ0) is 24.9. The van der Waals surface area contributed by atoms with Crippen LogP contribution >= 0.6 is 0 Å². The van der Waals surface area contributed by atoms with Crippen LogP contribution in [0.15, 0.2) is 52.9 Å². The van der Waals surface area contributed by atoms with Crippen LogP contribution in [0.2, 0.25) is 0 Å². The maximum absolute atomic E-state index is 13.5. The van der Waals surface area contributed by atoms with Crippen molar-refractivity contribution in [2.45, 2.75) is 59.0 Å². The first-order valence-electron chi connectivity index (χ1n) is 11.9. The van der Waals surface area contributed by atoms with Crippen LogP contribution < -0.4 is 4.74 Å². The number of benzene rings is 2. The van der Waals surface area contributed by atoms with Gasteiger partial charge in [0, 0.05) is 35.5 Å². The first kappa shape index (κ1) is 20.6. The molecule has 0 aliphatic heterocycles. The summed E-state index contributed by atoms with van der Waals surface area (Å²) in [6.45, 7) is 3.58. The van der Waals surface area contributed by atoms with Gasteiger partial charge in [-0.05, 0) is 64.3 Å². The number of fused-ring (bicyclic) bond motifs is 1. The number of hydrogen-bond acceptors (Lipinski definition) is 4. The van der Waals surface area contributed by atoms with Crippen molar-refractivity contribution in [3.8, 4) is 5.75 Å². The molecule has 0 aliphatic carbocycles. The highest BCUT2D eigenvalue weighted by Gasteiger charge is 2.21. The van der Waals surface area contributed by atoms with Crippen LogP contribution in [-0.4, -0.2) is 34.5 Å². The van der Waals surface area contributed by atoms with E-state index < -0.39 is 24.4 Å². The van der Waals surface area contributed by atoms with Gasteiger partial charge < -0.3 is 19.2 Å². The van der Waals surface area contributed by atoms with Gasteiger partial charge in [-0.2, -0.15) is 0 Å². The second-order valence-electron chi connectivity index (χ2n) is 8.04. The Labute approximate surface area is 191 Å². The number of rotatable bonds is 11. The van der Waals surface area contributed by atoms with E-state index in [4.69, 9.17) is 17.0 Å². The van der Waals surface area contributed by atoms with Gasteiger partial charge in [-0.25, -0.2) is 0 Å². The molecule has 170 valence electrons. The van der Waals surface area contributed by atoms with Crippen molar-refractivity contribution in [1.29, 1.82) is 0 Å². The van der Waals surface area contributed by atoms with Gasteiger partial charge in [0.1, 0.15) is 17.1 Å². The van der Waals surface area contributed by atoms with E-state index in [9.17, 15) is 9.59 Å². The van der Waals surface area contributed by atoms with Gasteiger partial charge in [0.15, 0.2) is 0 Å². The molecule has 0 fully saturated rings. The first-order valence-corrected chi connectivity index (χ1v) is 10.9. The Balaban J connectivity index is 1.82. The first-order chi connectivity index (χ1) is 16.1. The van der Waals surface area contributed by atoms with E-state index in [1.807, 2.05) is 13.0 Å². The average Bonchev–Trinajstić information content (AvgIpc) is 3.15. The second-order valence-corrected chi connectivity index (χ2v) is 8.04. The summed E-state index contributed by atoms with van der Waals surface area (Å²) >= 11 is 0. The van der Waals surface area contributed by atoms with Crippen LogP contribution in [-0.2, 0) is 11.3 Å². The molecule has 3 aromatic rings. The molecule has 0 aliphatic rings. The molecule has 1 heterocycles. The van der Waals surface area contributed by atoms with Crippen molar-refractivity contribution in [2.24, 2.45) is 0 Å². The SMILES string of the molecule is [2H]C([2H])(c1ccccc1OCCCCCC(=O)O)N(C(=O)c1ccc2cc(C)oc2c1)C(C)C. The van der Waals surface area contributed by atoms with Crippen molar-refractivity contribution in [1.82, 2.24) is 4.90 Å². The van der Waals surface area contributed by atoms with Gasteiger partial charge in [0.25, 0.3) is 5.91 Å². The quantitative estimate of drug-likeness (QED) is 0.381. The highest BCUT2D eigenvalue weighted by atomic mass is 16.5. The Bertz CT molecular complexity index is 1160. The van der Waals surface area contributed by atoms with E-state index in [0.29, 0.717) is 42.8 Å². The van der Waals surface area contributed by atoms with Crippen LogP contribution in [0, 0.1) is 6.92 Å². The molecule has 0 bridgehead atoms. The molecule has 1 aromatic heterocycles. The van der Waals surface area contributed by atoms with Gasteiger partial charge in [-0.15, -0.1) is 0 Å². The van der Waals surface area contributed by atoms with Crippen molar-refractivity contribution in [3.05, 3.63) is 65.4 Å². The Morgan fingerprint density at radius 2 is 1.91 bits per heavy atom. The summed E-state index contributed by atoms with van der Waals surface area (Å²) in [5.74, 6) is -0.162. The number of carboxylic acid groups (broad SMARTS) is 1. The second kappa shape index (κ2) is 10.8. The molecule has 0 saturated heterocycles. The van der Waals surface area contributed by atoms with Crippen LogP contribution in [0.1, 0.15) is 64.0 Å². The predicted molar refractivity (Wildman–Crippen MR) is 124 cm³/mol. The summed E-state index contributed by atoms with van der Waals surface area (Å²) in [6, 6.07) is 13.4. The zero-order valence-electron chi connectivity index (χ0n) is 20.8. The number of para-hydroxylation sites is 1. The fourth-order valence-corrected chi connectivity index (χ4v) is 3.40. The van der Waals surface area contributed by atoms with Crippen molar-refractivity contribution >= 4 is 22.8 Å². The molecule has 1 amide bonds. The van der Waals surface area contributed by atoms with Crippen LogP contribution in [0.4, 0.5) is 0 Å². The molecule has 0 atom stereocenters. The summed E-state index contributed by atoms with van der Waals surface area (Å²) in [5.41, 5.74) is 1.19. The van der Waals surface area contributed by atoms with E-state index in [1.165, 1.54) is 4.90 Å². The summed E-state index contributed by atoms with van der Waals surface area (Å²) in [7, 11) is 0. The number of ether oxygens (including phenoxy) is 1. The molecule has 1 N–H and O–H groups in total. The molecule has 6 heteroatoms. The van der Waals surface area contributed by atoms with Gasteiger partial charge in [-0.3, -0.25) is 9.59 Å². The Kier molecular flexibility index (Phi) is 6.99. The number of unbranched alkanes of at least 4 members (excludes halogenated alkanes) is 2. The smallest absolute Gasteiger partial charge is 0.303 e. The van der Waals surface area contributed by atoms with E-state index in [0.717, 1.165) is 11.1 Å². The number of furan rings is 1. The van der Waals surface area contributed by atoms with E-state index in [1.54, 1.807) is 56.3 Å². The lowest BCUT2D eigenvalue weighted by Crippen LogP contribution is -2.36. The van der Waals surface area contributed by atoms with Crippen molar-refractivity contribution < 1.29 is 26.6 Å². The summed E-state index contributed by atoms with van der Waals surface area (Å²) < 4.78 is 29.4. The molecule has 0 radical (unpaired) electrons. The number of nitrogens with zero attached hydrogens (tertiary/aromatic N) is 1. The topological polar surface area (TPSA) is 80.0 Å². The fraction of sp³-hybridized carbons (Fsp3) is 0.385. The van der Waals surface area contributed by atoms with Gasteiger partial charge in [-0.1, -0.05) is 24.3 Å². The van der Waals surface area contributed by atoms with Gasteiger partial charge in [0.2, 0.25) is 0 Å². The van der Waals surface area contributed by atoms with Crippen molar-refractivity contribution in [3.63, 3.8) is 0 Å². The molecule has 2 aromatic carbocycles. The third-order valence-corrected chi connectivity index (χ3v) is 5.05. The highest BCUT2D eigenvalue weighted by molar-refractivity contribution is 5.97. The fourth-order valence-electron chi connectivity index (χ4n) is 3.40. The summed E-state index contributed by atoms with van der Waals surface area (Å²) in [5, 5.41) is 9.63. The third kappa shape index (κ3) is 6.13. The lowest BCUT2D eigenvalue weighted by Gasteiger charge is -2.28.